The molecule has 2 amide bonds. The van der Waals surface area contributed by atoms with Crippen LogP contribution in [0.1, 0.15) is 33.0 Å². The SMILES string of the molecule is O=C(NCCc1ccccc1C(=O)NC[C@H](O)C(=O)O)OCC1c2ccccc2-c2ccccc21. The van der Waals surface area contributed by atoms with E-state index in [4.69, 9.17) is 9.84 Å². The van der Waals surface area contributed by atoms with E-state index in [1.54, 1.807) is 24.3 Å². The number of carbonyl (C=O) groups is 3. The number of rotatable bonds is 9. The molecular weight excluding hydrogens is 448 g/mol. The molecule has 0 radical (unpaired) electrons. The number of carbonyl (C=O) groups excluding carboxylic acids is 2. The minimum atomic E-state index is -1.68. The highest BCUT2D eigenvalue weighted by molar-refractivity contribution is 5.96. The summed E-state index contributed by atoms with van der Waals surface area (Å²) in [4.78, 5) is 35.5. The fourth-order valence-electron chi connectivity index (χ4n) is 4.28. The van der Waals surface area contributed by atoms with E-state index >= 15 is 0 Å². The van der Waals surface area contributed by atoms with Crippen molar-refractivity contribution in [2.45, 2.75) is 18.4 Å². The molecule has 0 saturated carbocycles. The first-order valence-electron chi connectivity index (χ1n) is 11.3. The molecule has 8 nitrogen and oxygen atoms in total. The number of carboxylic acid groups (broad SMARTS) is 1. The molecule has 1 atom stereocenters. The lowest BCUT2D eigenvalue weighted by atomic mass is 9.98. The smallest absolute Gasteiger partial charge is 0.407 e. The summed E-state index contributed by atoms with van der Waals surface area (Å²) >= 11 is 0. The number of aliphatic carboxylic acids is 1. The van der Waals surface area contributed by atoms with Crippen LogP contribution >= 0.6 is 0 Å². The first kappa shape index (κ1) is 24.0. The number of nitrogens with one attached hydrogen (secondary N) is 2. The van der Waals surface area contributed by atoms with Gasteiger partial charge in [-0.2, -0.15) is 0 Å². The van der Waals surface area contributed by atoms with Gasteiger partial charge in [-0.1, -0.05) is 66.7 Å². The van der Waals surface area contributed by atoms with Gasteiger partial charge in [0.25, 0.3) is 5.91 Å². The van der Waals surface area contributed by atoms with Gasteiger partial charge in [-0.3, -0.25) is 4.79 Å². The minimum absolute atomic E-state index is 0.0290. The van der Waals surface area contributed by atoms with Crippen molar-refractivity contribution in [1.29, 1.82) is 0 Å². The van der Waals surface area contributed by atoms with E-state index in [0.29, 0.717) is 17.5 Å². The number of amides is 2. The zero-order valence-corrected chi connectivity index (χ0v) is 18.9. The first-order chi connectivity index (χ1) is 17.0. The molecule has 3 aromatic carbocycles. The topological polar surface area (TPSA) is 125 Å². The van der Waals surface area contributed by atoms with E-state index in [0.717, 1.165) is 22.3 Å². The number of benzene rings is 3. The van der Waals surface area contributed by atoms with Crippen LogP contribution in [0.2, 0.25) is 0 Å². The number of carboxylic acids is 1. The summed E-state index contributed by atoms with van der Waals surface area (Å²) in [5.74, 6) is -1.94. The third-order valence-electron chi connectivity index (χ3n) is 6.01. The zero-order valence-electron chi connectivity index (χ0n) is 18.9. The summed E-state index contributed by atoms with van der Waals surface area (Å²) < 4.78 is 5.53. The molecule has 0 heterocycles. The Morgan fingerprint density at radius 1 is 0.857 bits per heavy atom. The van der Waals surface area contributed by atoms with Gasteiger partial charge in [0.05, 0.1) is 6.54 Å². The Labute approximate surface area is 202 Å². The molecule has 1 aliphatic rings. The predicted molar refractivity (Wildman–Crippen MR) is 129 cm³/mol. The van der Waals surface area contributed by atoms with E-state index in [1.165, 1.54) is 0 Å². The van der Waals surface area contributed by atoms with Gasteiger partial charge in [-0.15, -0.1) is 0 Å². The number of fused-ring (bicyclic) bond motifs is 3. The third kappa shape index (κ3) is 5.50. The second-order valence-corrected chi connectivity index (χ2v) is 8.22. The highest BCUT2D eigenvalue weighted by Gasteiger charge is 2.29. The van der Waals surface area contributed by atoms with Crippen LogP contribution < -0.4 is 10.6 Å². The molecule has 0 spiro atoms. The fraction of sp³-hybridized carbons (Fsp3) is 0.222. The van der Waals surface area contributed by atoms with E-state index in [-0.39, 0.29) is 19.1 Å². The standard InChI is InChI=1S/C27H26N2O6/c30-24(26(32)33)15-29-25(31)18-8-2-1-7-17(18)13-14-28-27(34)35-16-23-21-11-5-3-9-19(21)20-10-4-6-12-22(20)23/h1-12,23-24,30H,13-16H2,(H,28,34)(H,29,31)(H,32,33)/t24-/m0/s1. The Bertz CT molecular complexity index is 1200. The van der Waals surface area contributed by atoms with Crippen LogP contribution in [0.5, 0.6) is 0 Å². The molecular formula is C27H26N2O6. The average Bonchev–Trinajstić information content (AvgIpc) is 3.19. The molecule has 0 aliphatic heterocycles. The van der Waals surface area contributed by atoms with Crippen LogP contribution in [0.15, 0.2) is 72.8 Å². The van der Waals surface area contributed by atoms with Crippen molar-refractivity contribution in [3.05, 3.63) is 95.1 Å². The number of ether oxygens (including phenoxy) is 1. The Balaban J connectivity index is 1.30. The van der Waals surface area contributed by atoms with Crippen molar-refractivity contribution in [2.24, 2.45) is 0 Å². The van der Waals surface area contributed by atoms with Gasteiger partial charge >= 0.3 is 12.1 Å². The van der Waals surface area contributed by atoms with Crippen LogP contribution in [0, 0.1) is 0 Å². The molecule has 1 aliphatic carbocycles. The van der Waals surface area contributed by atoms with Crippen LogP contribution in [0.25, 0.3) is 11.1 Å². The summed E-state index contributed by atoms with van der Waals surface area (Å²) in [5.41, 5.74) is 5.60. The monoisotopic (exact) mass is 474 g/mol. The van der Waals surface area contributed by atoms with Gasteiger partial charge in [0, 0.05) is 18.0 Å². The molecule has 8 heteroatoms. The molecule has 35 heavy (non-hydrogen) atoms. The van der Waals surface area contributed by atoms with E-state index in [2.05, 4.69) is 34.9 Å². The lowest BCUT2D eigenvalue weighted by Crippen LogP contribution is -2.37. The van der Waals surface area contributed by atoms with Gasteiger partial charge in [0.15, 0.2) is 6.10 Å². The zero-order chi connectivity index (χ0) is 24.8. The minimum Gasteiger partial charge on any atom is -0.479 e. The Kier molecular flexibility index (Phi) is 7.42. The van der Waals surface area contributed by atoms with Crippen molar-refractivity contribution in [2.75, 3.05) is 19.7 Å². The number of alkyl carbamates (subject to hydrolysis) is 1. The molecule has 4 rings (SSSR count). The average molecular weight is 475 g/mol. The lowest BCUT2D eigenvalue weighted by Gasteiger charge is -2.15. The number of hydrogen-bond acceptors (Lipinski definition) is 5. The van der Waals surface area contributed by atoms with Gasteiger partial charge < -0.3 is 25.6 Å². The number of aliphatic hydroxyl groups excluding tert-OH is 1. The molecule has 0 fully saturated rings. The van der Waals surface area contributed by atoms with Gasteiger partial charge in [-0.05, 0) is 40.3 Å². The van der Waals surface area contributed by atoms with E-state index in [9.17, 15) is 19.5 Å². The molecule has 3 aromatic rings. The van der Waals surface area contributed by atoms with Gasteiger partial charge in [0.1, 0.15) is 6.61 Å². The highest BCUT2D eigenvalue weighted by atomic mass is 16.5. The van der Waals surface area contributed by atoms with E-state index < -0.39 is 30.6 Å². The van der Waals surface area contributed by atoms with Gasteiger partial charge in [0.2, 0.25) is 0 Å². The Hall–Kier alpha value is -4.17. The molecule has 0 unspecified atom stereocenters. The summed E-state index contributed by atoms with van der Waals surface area (Å²) in [5, 5.41) is 23.2. The molecule has 180 valence electrons. The molecule has 4 N–H and O–H groups in total. The first-order valence-corrected chi connectivity index (χ1v) is 11.3. The third-order valence-corrected chi connectivity index (χ3v) is 6.01. The predicted octanol–water partition coefficient (Wildman–Crippen LogP) is 2.94. The Morgan fingerprint density at radius 2 is 1.46 bits per heavy atom. The normalized spacial score (nSPS) is 12.8. The lowest BCUT2D eigenvalue weighted by molar-refractivity contribution is -0.146. The van der Waals surface area contributed by atoms with Crippen LogP contribution in [-0.2, 0) is 16.0 Å². The summed E-state index contributed by atoms with van der Waals surface area (Å²) in [7, 11) is 0. The summed E-state index contributed by atoms with van der Waals surface area (Å²) in [6.45, 7) is 0.0595. The van der Waals surface area contributed by atoms with Crippen molar-refractivity contribution in [3.8, 4) is 11.1 Å². The van der Waals surface area contributed by atoms with Crippen molar-refractivity contribution >= 4 is 18.0 Å². The van der Waals surface area contributed by atoms with Crippen LogP contribution in [-0.4, -0.2) is 54.0 Å². The van der Waals surface area contributed by atoms with Crippen molar-refractivity contribution < 1.29 is 29.3 Å². The number of aliphatic hydroxyl groups is 1. The maximum atomic E-state index is 12.4. The van der Waals surface area contributed by atoms with Gasteiger partial charge in [-0.25, -0.2) is 9.59 Å². The fourth-order valence-corrected chi connectivity index (χ4v) is 4.28. The number of hydrogen-bond donors (Lipinski definition) is 4. The van der Waals surface area contributed by atoms with Crippen LogP contribution in [0.4, 0.5) is 4.79 Å². The van der Waals surface area contributed by atoms with Crippen LogP contribution in [0.3, 0.4) is 0 Å². The second kappa shape index (κ2) is 10.8. The Morgan fingerprint density at radius 3 is 2.11 bits per heavy atom. The van der Waals surface area contributed by atoms with E-state index in [1.807, 2.05) is 24.3 Å². The molecule has 0 saturated heterocycles. The van der Waals surface area contributed by atoms with Crippen molar-refractivity contribution in [1.82, 2.24) is 10.6 Å². The molecule has 0 bridgehead atoms. The highest BCUT2D eigenvalue weighted by Crippen LogP contribution is 2.44. The summed E-state index contributed by atoms with van der Waals surface area (Å²) in [6, 6.07) is 23.0. The summed E-state index contributed by atoms with van der Waals surface area (Å²) in [6.07, 6.45) is -1.85. The maximum absolute atomic E-state index is 12.4. The second-order valence-electron chi connectivity index (χ2n) is 8.22. The maximum Gasteiger partial charge on any atom is 0.407 e. The van der Waals surface area contributed by atoms with Crippen molar-refractivity contribution in [3.63, 3.8) is 0 Å². The quantitative estimate of drug-likeness (QED) is 0.378. The largest absolute Gasteiger partial charge is 0.479 e. The molecule has 0 aromatic heterocycles.